The third-order valence-electron chi connectivity index (χ3n) is 2.41. The average Bonchev–Trinajstić information content (AvgIpc) is 2.59. The van der Waals surface area contributed by atoms with E-state index in [9.17, 15) is 13.2 Å². The SMILES string of the molecule is Cc1nn2c(Cl)c(CC(F)(F)F)c(Cl)nc2c1C#N. The fourth-order valence-corrected chi connectivity index (χ4v) is 2.16. The third-order valence-corrected chi connectivity index (χ3v) is 3.11. The molecule has 2 rings (SSSR count). The molecule has 0 unspecified atom stereocenters. The Morgan fingerprint density at radius 1 is 1.37 bits per heavy atom. The number of hydrogen-bond acceptors (Lipinski definition) is 3. The summed E-state index contributed by atoms with van der Waals surface area (Å²) in [5.74, 6) is 0. The van der Waals surface area contributed by atoms with Crippen molar-refractivity contribution in [1.82, 2.24) is 14.6 Å². The van der Waals surface area contributed by atoms with Gasteiger partial charge in [0.25, 0.3) is 0 Å². The number of fused-ring (bicyclic) bond motifs is 1. The van der Waals surface area contributed by atoms with Crippen LogP contribution in [0, 0.1) is 18.3 Å². The van der Waals surface area contributed by atoms with Crippen molar-refractivity contribution in [3.05, 3.63) is 27.1 Å². The van der Waals surface area contributed by atoms with Crippen LogP contribution in [0.25, 0.3) is 5.65 Å². The van der Waals surface area contributed by atoms with Crippen LogP contribution in [0.3, 0.4) is 0 Å². The van der Waals surface area contributed by atoms with Crippen molar-refractivity contribution in [2.24, 2.45) is 0 Å². The van der Waals surface area contributed by atoms with E-state index in [1.807, 2.05) is 6.07 Å². The Morgan fingerprint density at radius 3 is 2.53 bits per heavy atom. The number of alkyl halides is 3. The number of nitriles is 1. The summed E-state index contributed by atoms with van der Waals surface area (Å²) in [6.07, 6.45) is -5.78. The lowest BCUT2D eigenvalue weighted by atomic mass is 10.2. The highest BCUT2D eigenvalue weighted by molar-refractivity contribution is 6.35. The molecule has 0 saturated carbocycles. The minimum absolute atomic E-state index is 0.0425. The van der Waals surface area contributed by atoms with Crippen molar-refractivity contribution in [3.8, 4) is 6.07 Å². The number of halogens is 5. The van der Waals surface area contributed by atoms with E-state index in [4.69, 9.17) is 28.5 Å². The molecule has 2 aromatic heterocycles. The number of nitrogens with zero attached hydrogens (tertiary/aromatic N) is 4. The number of aryl methyl sites for hydroxylation is 1. The van der Waals surface area contributed by atoms with Crippen molar-refractivity contribution in [3.63, 3.8) is 0 Å². The van der Waals surface area contributed by atoms with Crippen molar-refractivity contribution < 1.29 is 13.2 Å². The van der Waals surface area contributed by atoms with E-state index in [-0.39, 0.29) is 27.1 Å². The molecular weight excluding hydrogens is 304 g/mol. The lowest BCUT2D eigenvalue weighted by molar-refractivity contribution is -0.127. The van der Waals surface area contributed by atoms with Crippen LogP contribution in [0.5, 0.6) is 0 Å². The van der Waals surface area contributed by atoms with Gasteiger partial charge in [-0.25, -0.2) is 9.50 Å². The first-order valence-corrected chi connectivity index (χ1v) is 5.70. The first-order valence-electron chi connectivity index (χ1n) is 4.94. The summed E-state index contributed by atoms with van der Waals surface area (Å²) < 4.78 is 38.3. The first kappa shape index (κ1) is 13.9. The summed E-state index contributed by atoms with van der Waals surface area (Å²) in [4.78, 5) is 3.77. The topological polar surface area (TPSA) is 54.0 Å². The predicted octanol–water partition coefficient (Wildman–Crippen LogP) is 3.32. The van der Waals surface area contributed by atoms with E-state index in [2.05, 4.69) is 10.1 Å². The minimum Gasteiger partial charge on any atom is -0.215 e. The Hall–Kier alpha value is -1.52. The van der Waals surface area contributed by atoms with Crippen LogP contribution in [-0.2, 0) is 6.42 Å². The second kappa shape index (κ2) is 4.54. The molecule has 0 radical (unpaired) electrons. The lowest BCUT2D eigenvalue weighted by Gasteiger charge is -2.10. The van der Waals surface area contributed by atoms with Crippen molar-refractivity contribution >= 4 is 28.8 Å². The van der Waals surface area contributed by atoms with Gasteiger partial charge in [-0.1, -0.05) is 23.2 Å². The number of aromatic nitrogens is 3. The molecule has 0 N–H and O–H groups in total. The summed E-state index contributed by atoms with van der Waals surface area (Å²) in [7, 11) is 0. The minimum atomic E-state index is -4.47. The molecular formula is C10H5Cl2F3N4. The predicted molar refractivity (Wildman–Crippen MR) is 62.2 cm³/mol. The van der Waals surface area contributed by atoms with Gasteiger partial charge in [-0.3, -0.25) is 0 Å². The van der Waals surface area contributed by atoms with E-state index >= 15 is 0 Å². The lowest BCUT2D eigenvalue weighted by Crippen LogP contribution is -2.14. The number of rotatable bonds is 1. The molecule has 0 bridgehead atoms. The van der Waals surface area contributed by atoms with Crippen molar-refractivity contribution in [2.75, 3.05) is 0 Å². The zero-order valence-electron chi connectivity index (χ0n) is 9.39. The summed E-state index contributed by atoms with van der Waals surface area (Å²) in [5.41, 5.74) is 0.121. The zero-order valence-corrected chi connectivity index (χ0v) is 10.9. The van der Waals surface area contributed by atoms with Crippen LogP contribution < -0.4 is 0 Å². The fraction of sp³-hybridized carbons (Fsp3) is 0.300. The van der Waals surface area contributed by atoms with Gasteiger partial charge in [-0.2, -0.15) is 23.5 Å². The van der Waals surface area contributed by atoms with Crippen LogP contribution in [-0.4, -0.2) is 20.8 Å². The Kier molecular flexibility index (Phi) is 3.32. The summed E-state index contributed by atoms with van der Waals surface area (Å²) in [6, 6.07) is 1.86. The summed E-state index contributed by atoms with van der Waals surface area (Å²) in [5, 5.41) is 12.1. The van der Waals surface area contributed by atoms with Gasteiger partial charge >= 0.3 is 6.18 Å². The van der Waals surface area contributed by atoms with Gasteiger partial charge in [0, 0.05) is 5.56 Å². The molecule has 0 aromatic carbocycles. The Morgan fingerprint density at radius 2 is 2.00 bits per heavy atom. The molecule has 19 heavy (non-hydrogen) atoms. The normalized spacial score (nSPS) is 11.8. The fourth-order valence-electron chi connectivity index (χ4n) is 1.61. The Bertz CT molecular complexity index is 700. The average molecular weight is 309 g/mol. The second-order valence-corrected chi connectivity index (χ2v) is 4.49. The molecule has 2 heterocycles. The van der Waals surface area contributed by atoms with Gasteiger partial charge in [0.15, 0.2) is 5.65 Å². The molecule has 100 valence electrons. The quantitative estimate of drug-likeness (QED) is 0.759. The first-order chi connectivity index (χ1) is 8.74. The van der Waals surface area contributed by atoms with Gasteiger partial charge in [0.1, 0.15) is 21.9 Å². The molecule has 0 amide bonds. The largest absolute Gasteiger partial charge is 0.393 e. The van der Waals surface area contributed by atoms with Gasteiger partial charge in [0.05, 0.1) is 12.1 Å². The van der Waals surface area contributed by atoms with E-state index < -0.39 is 12.6 Å². The molecule has 9 heteroatoms. The highest BCUT2D eigenvalue weighted by Gasteiger charge is 2.32. The van der Waals surface area contributed by atoms with Crippen LogP contribution in [0.2, 0.25) is 10.3 Å². The van der Waals surface area contributed by atoms with Crippen LogP contribution in [0.1, 0.15) is 16.8 Å². The zero-order chi connectivity index (χ0) is 14.4. The Labute approximate surface area is 115 Å². The van der Waals surface area contributed by atoms with Gasteiger partial charge in [-0.15, -0.1) is 0 Å². The third kappa shape index (κ3) is 2.46. The molecule has 4 nitrogen and oxygen atoms in total. The highest BCUT2D eigenvalue weighted by atomic mass is 35.5. The highest BCUT2D eigenvalue weighted by Crippen LogP contribution is 2.31. The van der Waals surface area contributed by atoms with Crippen molar-refractivity contribution in [2.45, 2.75) is 19.5 Å². The molecule has 2 aromatic rings. The van der Waals surface area contributed by atoms with E-state index in [1.54, 1.807) is 0 Å². The monoisotopic (exact) mass is 308 g/mol. The van der Waals surface area contributed by atoms with E-state index in [1.165, 1.54) is 6.92 Å². The molecule has 0 saturated heterocycles. The summed E-state index contributed by atoms with van der Waals surface area (Å²) >= 11 is 11.6. The van der Waals surface area contributed by atoms with Crippen LogP contribution in [0.4, 0.5) is 13.2 Å². The summed E-state index contributed by atoms with van der Waals surface area (Å²) in [6.45, 7) is 1.53. The second-order valence-electron chi connectivity index (χ2n) is 3.77. The molecule has 0 atom stereocenters. The maximum atomic E-state index is 12.4. The standard InChI is InChI=1S/C10H5Cl2F3N4/c1-4-6(3-16)9-17-7(11)5(2-10(13,14)15)8(12)19(9)18-4/h2H2,1H3. The molecule has 0 aliphatic carbocycles. The molecule has 0 spiro atoms. The van der Waals surface area contributed by atoms with Crippen molar-refractivity contribution in [1.29, 1.82) is 5.26 Å². The van der Waals surface area contributed by atoms with E-state index in [0.717, 1.165) is 4.52 Å². The van der Waals surface area contributed by atoms with Crippen LogP contribution in [0.15, 0.2) is 0 Å². The molecule has 0 aliphatic heterocycles. The van der Waals surface area contributed by atoms with Crippen LogP contribution >= 0.6 is 23.2 Å². The maximum Gasteiger partial charge on any atom is 0.393 e. The Balaban J connectivity index is 2.74. The number of hydrogen-bond donors (Lipinski definition) is 0. The van der Waals surface area contributed by atoms with Gasteiger partial charge in [0.2, 0.25) is 0 Å². The smallest absolute Gasteiger partial charge is 0.215 e. The van der Waals surface area contributed by atoms with Gasteiger partial charge in [-0.05, 0) is 6.92 Å². The van der Waals surface area contributed by atoms with Gasteiger partial charge < -0.3 is 0 Å². The molecule has 0 aliphatic rings. The van der Waals surface area contributed by atoms with E-state index in [0.29, 0.717) is 5.69 Å². The molecule has 0 fully saturated rings. The maximum absolute atomic E-state index is 12.4.